The molecule has 1 heterocycles. The molecule has 0 aliphatic heterocycles. The first kappa shape index (κ1) is 13.2. The summed E-state index contributed by atoms with van der Waals surface area (Å²) in [6.45, 7) is 11.8. The summed E-state index contributed by atoms with van der Waals surface area (Å²) in [5.41, 5.74) is 5.09. The van der Waals surface area contributed by atoms with E-state index >= 15 is 0 Å². The standard InChI is InChI=1S/C16H23NO/c1-11-8-14-13(6-7-17-16(3,4)5)10-18-15(14)9-12(11)2/h8-10,17H,6-7H2,1-5H3. The molecule has 1 aromatic carbocycles. The first-order valence-corrected chi connectivity index (χ1v) is 6.59. The van der Waals surface area contributed by atoms with Crippen LogP contribution in [-0.2, 0) is 6.42 Å². The molecule has 0 saturated carbocycles. The van der Waals surface area contributed by atoms with E-state index in [1.54, 1.807) is 0 Å². The Morgan fingerprint density at radius 1 is 1.11 bits per heavy atom. The summed E-state index contributed by atoms with van der Waals surface area (Å²) in [7, 11) is 0. The minimum Gasteiger partial charge on any atom is -0.464 e. The molecular weight excluding hydrogens is 222 g/mol. The van der Waals surface area contributed by atoms with Crippen LogP contribution in [0, 0.1) is 13.8 Å². The van der Waals surface area contributed by atoms with Gasteiger partial charge in [-0.2, -0.15) is 0 Å². The molecule has 0 aliphatic rings. The van der Waals surface area contributed by atoms with Gasteiger partial charge in [-0.15, -0.1) is 0 Å². The van der Waals surface area contributed by atoms with E-state index in [1.165, 1.54) is 22.1 Å². The van der Waals surface area contributed by atoms with Crippen molar-refractivity contribution in [1.82, 2.24) is 5.32 Å². The second kappa shape index (κ2) is 4.77. The highest BCUT2D eigenvalue weighted by Crippen LogP contribution is 2.25. The summed E-state index contributed by atoms with van der Waals surface area (Å²) in [6.07, 6.45) is 2.90. The first-order valence-electron chi connectivity index (χ1n) is 6.59. The Kier molecular flexibility index (Phi) is 3.49. The third-order valence-corrected chi connectivity index (χ3v) is 3.32. The zero-order valence-corrected chi connectivity index (χ0v) is 12.1. The highest BCUT2D eigenvalue weighted by atomic mass is 16.3. The molecule has 0 radical (unpaired) electrons. The second-order valence-electron chi connectivity index (χ2n) is 6.12. The van der Waals surface area contributed by atoms with E-state index < -0.39 is 0 Å². The van der Waals surface area contributed by atoms with Crippen molar-refractivity contribution in [2.75, 3.05) is 6.54 Å². The second-order valence-corrected chi connectivity index (χ2v) is 6.12. The molecule has 1 N–H and O–H groups in total. The molecule has 2 rings (SSSR count). The summed E-state index contributed by atoms with van der Waals surface area (Å²) in [6, 6.07) is 4.37. The fourth-order valence-electron chi connectivity index (χ4n) is 2.10. The maximum Gasteiger partial charge on any atom is 0.134 e. The lowest BCUT2D eigenvalue weighted by molar-refractivity contribution is 0.429. The van der Waals surface area contributed by atoms with E-state index in [0.717, 1.165) is 18.5 Å². The van der Waals surface area contributed by atoms with Crippen LogP contribution < -0.4 is 5.32 Å². The Labute approximate surface area is 109 Å². The summed E-state index contributed by atoms with van der Waals surface area (Å²) in [5, 5.41) is 4.77. The molecule has 0 bridgehead atoms. The Hall–Kier alpha value is -1.28. The molecule has 1 aromatic heterocycles. The predicted molar refractivity (Wildman–Crippen MR) is 77.1 cm³/mol. The Balaban J connectivity index is 2.17. The van der Waals surface area contributed by atoms with Crippen LogP contribution in [0.2, 0.25) is 0 Å². The Bertz CT molecular complexity index is 546. The van der Waals surface area contributed by atoms with E-state index in [2.05, 4.69) is 52.1 Å². The van der Waals surface area contributed by atoms with Crippen molar-refractivity contribution in [1.29, 1.82) is 0 Å². The number of fused-ring (bicyclic) bond motifs is 1. The zero-order chi connectivity index (χ0) is 13.3. The fraction of sp³-hybridized carbons (Fsp3) is 0.500. The Morgan fingerprint density at radius 3 is 2.44 bits per heavy atom. The molecule has 2 aromatic rings. The number of furan rings is 1. The molecule has 0 spiro atoms. The first-order chi connectivity index (χ1) is 8.37. The van der Waals surface area contributed by atoms with Crippen LogP contribution in [-0.4, -0.2) is 12.1 Å². The van der Waals surface area contributed by atoms with Crippen LogP contribution in [0.1, 0.15) is 37.5 Å². The third-order valence-electron chi connectivity index (χ3n) is 3.32. The lowest BCUT2D eigenvalue weighted by atomic mass is 10.0. The third kappa shape index (κ3) is 2.94. The lowest BCUT2D eigenvalue weighted by Crippen LogP contribution is -2.37. The van der Waals surface area contributed by atoms with Gasteiger partial charge in [-0.3, -0.25) is 0 Å². The molecule has 18 heavy (non-hydrogen) atoms. The van der Waals surface area contributed by atoms with Gasteiger partial charge in [-0.1, -0.05) is 0 Å². The van der Waals surface area contributed by atoms with Crippen molar-refractivity contribution in [3.05, 3.63) is 35.1 Å². The molecular formula is C16H23NO. The van der Waals surface area contributed by atoms with Gasteiger partial charge in [0.1, 0.15) is 5.58 Å². The topological polar surface area (TPSA) is 25.2 Å². The molecule has 0 atom stereocenters. The van der Waals surface area contributed by atoms with Gasteiger partial charge in [0.15, 0.2) is 0 Å². The van der Waals surface area contributed by atoms with E-state index in [1.807, 2.05) is 6.26 Å². The fourth-order valence-corrected chi connectivity index (χ4v) is 2.10. The smallest absolute Gasteiger partial charge is 0.134 e. The van der Waals surface area contributed by atoms with E-state index in [0.29, 0.717) is 0 Å². The highest BCUT2D eigenvalue weighted by Gasteiger charge is 2.11. The van der Waals surface area contributed by atoms with Crippen molar-refractivity contribution >= 4 is 11.0 Å². The Morgan fingerprint density at radius 2 is 1.78 bits per heavy atom. The molecule has 0 fully saturated rings. The van der Waals surface area contributed by atoms with Gasteiger partial charge in [0.05, 0.1) is 6.26 Å². The number of aryl methyl sites for hydroxylation is 2. The van der Waals surface area contributed by atoms with Gasteiger partial charge in [-0.25, -0.2) is 0 Å². The van der Waals surface area contributed by atoms with Gasteiger partial charge in [0.25, 0.3) is 0 Å². The monoisotopic (exact) mass is 245 g/mol. The van der Waals surface area contributed by atoms with Crippen LogP contribution in [0.15, 0.2) is 22.8 Å². The molecule has 0 aliphatic carbocycles. The predicted octanol–water partition coefficient (Wildman–Crippen LogP) is 3.98. The number of benzene rings is 1. The van der Waals surface area contributed by atoms with E-state index in [4.69, 9.17) is 4.42 Å². The minimum atomic E-state index is 0.173. The average molecular weight is 245 g/mol. The number of rotatable bonds is 3. The summed E-state index contributed by atoms with van der Waals surface area (Å²) >= 11 is 0. The average Bonchev–Trinajstić information content (AvgIpc) is 2.60. The summed E-state index contributed by atoms with van der Waals surface area (Å²) in [5.74, 6) is 0. The zero-order valence-electron chi connectivity index (χ0n) is 12.1. The summed E-state index contributed by atoms with van der Waals surface area (Å²) < 4.78 is 5.64. The van der Waals surface area contributed by atoms with Crippen LogP contribution in [0.3, 0.4) is 0 Å². The highest BCUT2D eigenvalue weighted by molar-refractivity contribution is 5.82. The van der Waals surface area contributed by atoms with Gasteiger partial charge in [0, 0.05) is 10.9 Å². The maximum absolute atomic E-state index is 5.64. The molecule has 0 saturated heterocycles. The van der Waals surface area contributed by atoms with Gasteiger partial charge >= 0.3 is 0 Å². The van der Waals surface area contributed by atoms with Crippen LogP contribution in [0.5, 0.6) is 0 Å². The molecule has 0 amide bonds. The maximum atomic E-state index is 5.64. The van der Waals surface area contributed by atoms with Crippen LogP contribution in [0.25, 0.3) is 11.0 Å². The largest absolute Gasteiger partial charge is 0.464 e. The number of hydrogen-bond donors (Lipinski definition) is 1. The van der Waals surface area contributed by atoms with Crippen molar-refractivity contribution in [3.8, 4) is 0 Å². The molecule has 2 nitrogen and oxygen atoms in total. The molecule has 2 heteroatoms. The van der Waals surface area contributed by atoms with Gasteiger partial charge in [0.2, 0.25) is 0 Å². The van der Waals surface area contributed by atoms with Crippen LogP contribution >= 0.6 is 0 Å². The normalized spacial score (nSPS) is 12.3. The van der Waals surface area contributed by atoms with Gasteiger partial charge in [-0.05, 0) is 76.4 Å². The summed E-state index contributed by atoms with van der Waals surface area (Å²) in [4.78, 5) is 0. The number of nitrogens with one attached hydrogen (secondary N) is 1. The number of hydrogen-bond acceptors (Lipinski definition) is 2. The van der Waals surface area contributed by atoms with Crippen LogP contribution in [0.4, 0.5) is 0 Å². The van der Waals surface area contributed by atoms with Crippen molar-refractivity contribution in [3.63, 3.8) is 0 Å². The molecule has 0 unspecified atom stereocenters. The SMILES string of the molecule is Cc1cc2occ(CCNC(C)(C)C)c2cc1C. The van der Waals surface area contributed by atoms with E-state index in [-0.39, 0.29) is 5.54 Å². The van der Waals surface area contributed by atoms with Crippen molar-refractivity contribution in [2.24, 2.45) is 0 Å². The minimum absolute atomic E-state index is 0.173. The quantitative estimate of drug-likeness (QED) is 0.884. The van der Waals surface area contributed by atoms with Crippen molar-refractivity contribution < 1.29 is 4.42 Å². The molecule has 98 valence electrons. The van der Waals surface area contributed by atoms with Gasteiger partial charge < -0.3 is 9.73 Å². The van der Waals surface area contributed by atoms with Crippen molar-refractivity contribution in [2.45, 2.75) is 46.6 Å². The van der Waals surface area contributed by atoms with E-state index in [9.17, 15) is 0 Å². The lowest BCUT2D eigenvalue weighted by Gasteiger charge is -2.20.